The second-order valence-corrected chi connectivity index (χ2v) is 6.41. The van der Waals surface area contributed by atoms with E-state index in [1.807, 2.05) is 24.2 Å². The van der Waals surface area contributed by atoms with Crippen LogP contribution in [0.15, 0.2) is 24.6 Å². The van der Waals surface area contributed by atoms with Crippen LogP contribution in [-0.4, -0.2) is 22.4 Å². The highest BCUT2D eigenvalue weighted by molar-refractivity contribution is 4.94. The number of nitrogens with one attached hydrogen (secondary N) is 1. The van der Waals surface area contributed by atoms with Gasteiger partial charge in [0.1, 0.15) is 12.4 Å². The molecule has 1 heterocycles. The molecule has 2 N–H and O–H groups in total. The zero-order valence-electron chi connectivity index (χ0n) is 14.6. The van der Waals surface area contributed by atoms with Gasteiger partial charge in [-0.25, -0.2) is 0 Å². The molecule has 0 spiro atoms. The molecule has 0 aliphatic carbocycles. The highest BCUT2D eigenvalue weighted by Gasteiger charge is 2.20. The van der Waals surface area contributed by atoms with Crippen molar-refractivity contribution in [3.8, 4) is 0 Å². The first-order chi connectivity index (χ1) is 10.8. The van der Waals surface area contributed by atoms with Crippen LogP contribution >= 0.6 is 0 Å². The Hall–Kier alpha value is -0.960. The largest absolute Gasteiger partial charge is 0.374 e. The van der Waals surface area contributed by atoms with Crippen LogP contribution in [-0.2, 0) is 0 Å². The van der Waals surface area contributed by atoms with E-state index in [4.69, 9.17) is 0 Å². The van der Waals surface area contributed by atoms with Crippen LogP contribution in [0.1, 0.15) is 84.5 Å². The van der Waals surface area contributed by atoms with E-state index in [9.17, 15) is 5.11 Å². The highest BCUT2D eigenvalue weighted by Crippen LogP contribution is 2.16. The van der Waals surface area contributed by atoms with Crippen molar-refractivity contribution in [1.82, 2.24) is 10.2 Å². The standard InChI is InChI=1S/C19H36N2O/c1-3-4-5-6-7-8-9-10-11-12-13-14-15-19-20-16-17-21(19)18(2)22/h3-4,16-20,22H,5-15H2,1-2H3/b4-3+. The third-order valence-corrected chi connectivity index (χ3v) is 4.41. The van der Waals surface area contributed by atoms with Crippen molar-refractivity contribution in [3.63, 3.8) is 0 Å². The van der Waals surface area contributed by atoms with Gasteiger partial charge in [0.15, 0.2) is 0 Å². The number of allylic oxidation sites excluding steroid dienone is 2. The predicted molar refractivity (Wildman–Crippen MR) is 95.2 cm³/mol. The van der Waals surface area contributed by atoms with Gasteiger partial charge in [-0.2, -0.15) is 0 Å². The summed E-state index contributed by atoms with van der Waals surface area (Å²) >= 11 is 0. The molecule has 0 saturated heterocycles. The molecule has 22 heavy (non-hydrogen) atoms. The second kappa shape index (κ2) is 12.6. The van der Waals surface area contributed by atoms with E-state index < -0.39 is 6.23 Å². The first kappa shape index (κ1) is 19.1. The van der Waals surface area contributed by atoms with Crippen molar-refractivity contribution >= 4 is 0 Å². The van der Waals surface area contributed by atoms with Crippen molar-refractivity contribution in [1.29, 1.82) is 0 Å². The molecule has 0 aromatic heterocycles. The lowest BCUT2D eigenvalue weighted by molar-refractivity contribution is 0.0254. The summed E-state index contributed by atoms with van der Waals surface area (Å²) in [7, 11) is 0. The van der Waals surface area contributed by atoms with Crippen molar-refractivity contribution in [2.45, 2.75) is 96.9 Å². The smallest absolute Gasteiger partial charge is 0.125 e. The van der Waals surface area contributed by atoms with Gasteiger partial charge >= 0.3 is 0 Å². The van der Waals surface area contributed by atoms with Crippen LogP contribution in [0.2, 0.25) is 0 Å². The number of unbranched alkanes of at least 4 members (excludes halogenated alkanes) is 9. The molecule has 0 fully saturated rings. The van der Waals surface area contributed by atoms with Gasteiger partial charge in [-0.3, -0.25) is 0 Å². The Kier molecular flexibility index (Phi) is 10.9. The SMILES string of the molecule is C/C=C/CCCCCCCCCCCC1NC=CN1C(C)O. The minimum absolute atomic E-state index is 0.289. The van der Waals surface area contributed by atoms with Gasteiger partial charge in [0.25, 0.3) is 0 Å². The quantitative estimate of drug-likeness (QED) is 0.375. The Bertz CT molecular complexity index is 313. The summed E-state index contributed by atoms with van der Waals surface area (Å²) in [5, 5.41) is 13.0. The lowest BCUT2D eigenvalue weighted by atomic mass is 10.0. The Morgan fingerprint density at radius 3 is 2.23 bits per heavy atom. The number of aliphatic hydroxyl groups is 1. The molecule has 128 valence electrons. The first-order valence-electron chi connectivity index (χ1n) is 9.25. The lowest BCUT2D eigenvalue weighted by Gasteiger charge is -2.28. The van der Waals surface area contributed by atoms with Gasteiger partial charge in [0.05, 0.1) is 0 Å². The third-order valence-electron chi connectivity index (χ3n) is 4.41. The average Bonchev–Trinajstić information content (AvgIpc) is 2.97. The molecular weight excluding hydrogens is 272 g/mol. The average molecular weight is 309 g/mol. The number of nitrogens with zero attached hydrogens (tertiary/aromatic N) is 1. The van der Waals surface area contributed by atoms with E-state index in [0.29, 0.717) is 0 Å². The van der Waals surface area contributed by atoms with Crippen LogP contribution < -0.4 is 5.32 Å². The molecule has 0 aromatic rings. The summed E-state index contributed by atoms with van der Waals surface area (Å²) in [4.78, 5) is 1.99. The maximum atomic E-state index is 9.64. The van der Waals surface area contributed by atoms with E-state index in [-0.39, 0.29) is 6.17 Å². The molecule has 0 amide bonds. The minimum atomic E-state index is -0.399. The van der Waals surface area contributed by atoms with E-state index in [0.717, 1.165) is 6.42 Å². The van der Waals surface area contributed by atoms with Crippen molar-refractivity contribution in [2.24, 2.45) is 0 Å². The van der Waals surface area contributed by atoms with Crippen LogP contribution in [0.25, 0.3) is 0 Å². The molecule has 1 aliphatic rings. The molecule has 0 saturated carbocycles. The molecule has 0 aromatic carbocycles. The fraction of sp³-hybridized carbons (Fsp3) is 0.789. The molecule has 2 unspecified atom stereocenters. The Labute approximate surface area is 137 Å². The van der Waals surface area contributed by atoms with E-state index >= 15 is 0 Å². The fourth-order valence-electron chi connectivity index (χ4n) is 3.05. The third kappa shape index (κ3) is 8.47. The van der Waals surface area contributed by atoms with E-state index in [1.54, 1.807) is 0 Å². The fourth-order valence-corrected chi connectivity index (χ4v) is 3.05. The molecule has 0 radical (unpaired) electrons. The highest BCUT2D eigenvalue weighted by atomic mass is 16.3. The molecule has 1 aliphatic heterocycles. The van der Waals surface area contributed by atoms with Crippen LogP contribution in [0.3, 0.4) is 0 Å². The number of aliphatic hydroxyl groups excluding tert-OH is 1. The van der Waals surface area contributed by atoms with Gasteiger partial charge in [-0.15, -0.1) is 0 Å². The number of hydrogen-bond donors (Lipinski definition) is 2. The summed E-state index contributed by atoms with van der Waals surface area (Å²) < 4.78 is 0. The summed E-state index contributed by atoms with van der Waals surface area (Å²) in [6.07, 6.45) is 22.8. The van der Waals surface area contributed by atoms with Gasteiger partial charge < -0.3 is 15.3 Å². The normalized spacial score (nSPS) is 19.0. The Morgan fingerprint density at radius 2 is 1.64 bits per heavy atom. The zero-order chi connectivity index (χ0) is 16.0. The van der Waals surface area contributed by atoms with E-state index in [2.05, 4.69) is 24.4 Å². The molecular formula is C19H36N2O. The maximum Gasteiger partial charge on any atom is 0.125 e. The number of rotatable bonds is 13. The van der Waals surface area contributed by atoms with Crippen LogP contribution in [0, 0.1) is 0 Å². The topological polar surface area (TPSA) is 35.5 Å². The number of hydrogen-bond acceptors (Lipinski definition) is 3. The molecule has 3 heteroatoms. The summed E-state index contributed by atoms with van der Waals surface area (Å²) in [6.45, 7) is 3.92. The molecule has 0 bridgehead atoms. The minimum Gasteiger partial charge on any atom is -0.374 e. The monoisotopic (exact) mass is 308 g/mol. The van der Waals surface area contributed by atoms with Gasteiger partial charge in [-0.1, -0.05) is 57.1 Å². The Morgan fingerprint density at radius 1 is 1.05 bits per heavy atom. The molecule has 1 rings (SSSR count). The van der Waals surface area contributed by atoms with Crippen LogP contribution in [0.5, 0.6) is 0 Å². The van der Waals surface area contributed by atoms with Crippen LogP contribution in [0.4, 0.5) is 0 Å². The molecule has 2 atom stereocenters. The van der Waals surface area contributed by atoms with Crippen molar-refractivity contribution in [2.75, 3.05) is 0 Å². The zero-order valence-corrected chi connectivity index (χ0v) is 14.6. The van der Waals surface area contributed by atoms with Gasteiger partial charge in [0, 0.05) is 12.4 Å². The van der Waals surface area contributed by atoms with Gasteiger partial charge in [-0.05, 0) is 39.5 Å². The van der Waals surface area contributed by atoms with Gasteiger partial charge in [0.2, 0.25) is 0 Å². The first-order valence-corrected chi connectivity index (χ1v) is 9.25. The van der Waals surface area contributed by atoms with Crippen molar-refractivity contribution < 1.29 is 5.11 Å². The summed E-state index contributed by atoms with van der Waals surface area (Å²) in [6, 6.07) is 0. The lowest BCUT2D eigenvalue weighted by Crippen LogP contribution is -2.40. The van der Waals surface area contributed by atoms with E-state index in [1.165, 1.54) is 64.2 Å². The summed E-state index contributed by atoms with van der Waals surface area (Å²) in [5.74, 6) is 0. The maximum absolute atomic E-state index is 9.64. The van der Waals surface area contributed by atoms with Crippen molar-refractivity contribution in [3.05, 3.63) is 24.6 Å². The predicted octanol–water partition coefficient (Wildman–Crippen LogP) is 4.89. The Balaban J connectivity index is 1.84. The summed E-state index contributed by atoms with van der Waals surface area (Å²) in [5.41, 5.74) is 0. The molecule has 3 nitrogen and oxygen atoms in total. The second-order valence-electron chi connectivity index (χ2n) is 6.41.